The summed E-state index contributed by atoms with van der Waals surface area (Å²) in [6, 6.07) is 5.32. The van der Waals surface area contributed by atoms with Crippen LogP contribution in [0, 0.1) is 0 Å². The van der Waals surface area contributed by atoms with Gasteiger partial charge < -0.3 is 14.8 Å². The molecule has 1 aromatic carbocycles. The van der Waals surface area contributed by atoms with Gasteiger partial charge in [-0.25, -0.2) is 4.68 Å². The molecule has 1 unspecified atom stereocenters. The van der Waals surface area contributed by atoms with Gasteiger partial charge >= 0.3 is 0 Å². The molecule has 1 atom stereocenters. The second kappa shape index (κ2) is 4.97. The molecule has 1 aliphatic heterocycles. The standard InChI is InChI=1S/C14H15N5O3/c1-8(13-16-17-18-19(13)9-5-6-9)15-14(20)10-3-2-4-11-12(10)22-7-21-11/h2-4,8-9H,5-7H2,1H3,(H,15,20). The van der Waals surface area contributed by atoms with E-state index < -0.39 is 0 Å². The Bertz CT molecular complexity index is 725. The number of aromatic nitrogens is 4. The minimum Gasteiger partial charge on any atom is -0.454 e. The van der Waals surface area contributed by atoms with Gasteiger partial charge in [0, 0.05) is 0 Å². The zero-order valence-corrected chi connectivity index (χ0v) is 12.0. The van der Waals surface area contributed by atoms with Crippen molar-refractivity contribution in [2.24, 2.45) is 0 Å². The Morgan fingerprint density at radius 2 is 2.27 bits per heavy atom. The lowest BCUT2D eigenvalue weighted by Gasteiger charge is -2.14. The molecule has 4 rings (SSSR count). The maximum atomic E-state index is 12.5. The first-order valence-electron chi connectivity index (χ1n) is 7.21. The van der Waals surface area contributed by atoms with Gasteiger partial charge in [-0.15, -0.1) is 5.10 Å². The van der Waals surface area contributed by atoms with Gasteiger partial charge in [0.1, 0.15) is 0 Å². The number of ether oxygens (including phenoxy) is 2. The second-order valence-corrected chi connectivity index (χ2v) is 5.45. The first-order chi connectivity index (χ1) is 10.7. The number of fused-ring (bicyclic) bond motifs is 1. The van der Waals surface area contributed by atoms with Crippen LogP contribution in [0.3, 0.4) is 0 Å². The Hall–Kier alpha value is -2.64. The van der Waals surface area contributed by atoms with E-state index in [2.05, 4.69) is 20.8 Å². The zero-order chi connectivity index (χ0) is 15.1. The molecule has 114 valence electrons. The average Bonchev–Trinajstić information content (AvgIpc) is 3.05. The van der Waals surface area contributed by atoms with Crippen molar-refractivity contribution in [2.45, 2.75) is 31.8 Å². The summed E-state index contributed by atoms with van der Waals surface area (Å²) in [6.07, 6.45) is 2.16. The van der Waals surface area contributed by atoms with Crippen molar-refractivity contribution in [3.05, 3.63) is 29.6 Å². The van der Waals surface area contributed by atoms with Gasteiger partial charge in [-0.2, -0.15) is 0 Å². The predicted octanol–water partition coefficient (Wildman–Crippen LogP) is 1.23. The highest BCUT2D eigenvalue weighted by molar-refractivity contribution is 5.98. The number of carbonyl (C=O) groups excluding carboxylic acids is 1. The molecule has 8 heteroatoms. The summed E-state index contributed by atoms with van der Waals surface area (Å²) in [6.45, 7) is 2.00. The molecule has 1 N–H and O–H groups in total. The molecule has 1 saturated carbocycles. The van der Waals surface area contributed by atoms with E-state index in [4.69, 9.17) is 9.47 Å². The summed E-state index contributed by atoms with van der Waals surface area (Å²) in [5.74, 6) is 1.50. The predicted molar refractivity (Wildman–Crippen MR) is 74.5 cm³/mol. The van der Waals surface area contributed by atoms with Gasteiger partial charge in [0.15, 0.2) is 17.3 Å². The van der Waals surface area contributed by atoms with E-state index in [1.54, 1.807) is 22.9 Å². The van der Waals surface area contributed by atoms with Crippen LogP contribution in [0.1, 0.15) is 48.0 Å². The lowest BCUT2D eigenvalue weighted by molar-refractivity contribution is 0.0932. The molecule has 1 aliphatic carbocycles. The quantitative estimate of drug-likeness (QED) is 0.913. The molecule has 1 amide bonds. The average molecular weight is 301 g/mol. The highest BCUT2D eigenvalue weighted by Crippen LogP contribution is 2.36. The van der Waals surface area contributed by atoms with Crippen molar-refractivity contribution in [1.29, 1.82) is 0 Å². The molecular formula is C14H15N5O3. The Morgan fingerprint density at radius 3 is 3.09 bits per heavy atom. The first-order valence-corrected chi connectivity index (χ1v) is 7.21. The fourth-order valence-corrected chi connectivity index (χ4v) is 2.51. The normalized spacial score (nSPS) is 17.3. The Morgan fingerprint density at radius 1 is 1.41 bits per heavy atom. The smallest absolute Gasteiger partial charge is 0.255 e. The number of benzene rings is 1. The van der Waals surface area contributed by atoms with E-state index in [9.17, 15) is 4.79 Å². The van der Waals surface area contributed by atoms with Crippen molar-refractivity contribution in [3.63, 3.8) is 0 Å². The molecule has 0 saturated heterocycles. The monoisotopic (exact) mass is 301 g/mol. The van der Waals surface area contributed by atoms with Crippen LogP contribution in [-0.2, 0) is 0 Å². The number of nitrogens with one attached hydrogen (secondary N) is 1. The fourth-order valence-electron chi connectivity index (χ4n) is 2.51. The van der Waals surface area contributed by atoms with Crippen molar-refractivity contribution in [1.82, 2.24) is 25.5 Å². The van der Waals surface area contributed by atoms with Gasteiger partial charge in [-0.3, -0.25) is 4.79 Å². The van der Waals surface area contributed by atoms with Gasteiger partial charge in [-0.1, -0.05) is 6.07 Å². The number of carbonyl (C=O) groups is 1. The molecule has 2 aromatic rings. The highest BCUT2D eigenvalue weighted by atomic mass is 16.7. The van der Waals surface area contributed by atoms with Crippen LogP contribution in [0.4, 0.5) is 0 Å². The third-order valence-electron chi connectivity index (χ3n) is 3.79. The molecule has 8 nitrogen and oxygen atoms in total. The number of hydrogen-bond donors (Lipinski definition) is 1. The van der Waals surface area contributed by atoms with Gasteiger partial charge in [0.25, 0.3) is 5.91 Å². The first kappa shape index (κ1) is 13.1. The van der Waals surface area contributed by atoms with E-state index in [0.29, 0.717) is 28.9 Å². The largest absolute Gasteiger partial charge is 0.454 e. The number of nitrogens with zero attached hydrogens (tertiary/aromatic N) is 4. The molecule has 1 fully saturated rings. The Balaban J connectivity index is 1.54. The molecule has 22 heavy (non-hydrogen) atoms. The molecule has 0 radical (unpaired) electrons. The molecule has 2 heterocycles. The van der Waals surface area contributed by atoms with Crippen LogP contribution in [-0.4, -0.2) is 32.9 Å². The maximum absolute atomic E-state index is 12.5. The van der Waals surface area contributed by atoms with Crippen LogP contribution >= 0.6 is 0 Å². The maximum Gasteiger partial charge on any atom is 0.255 e. The van der Waals surface area contributed by atoms with Crippen molar-refractivity contribution >= 4 is 5.91 Å². The van der Waals surface area contributed by atoms with E-state index in [1.165, 1.54) is 0 Å². The van der Waals surface area contributed by atoms with Crippen molar-refractivity contribution < 1.29 is 14.3 Å². The second-order valence-electron chi connectivity index (χ2n) is 5.45. The summed E-state index contributed by atoms with van der Waals surface area (Å²) < 4.78 is 12.4. The van der Waals surface area contributed by atoms with Crippen LogP contribution in [0.2, 0.25) is 0 Å². The third-order valence-corrected chi connectivity index (χ3v) is 3.79. The van der Waals surface area contributed by atoms with E-state index in [0.717, 1.165) is 12.8 Å². The van der Waals surface area contributed by atoms with Crippen LogP contribution in [0.25, 0.3) is 0 Å². The van der Waals surface area contributed by atoms with Crippen LogP contribution in [0.5, 0.6) is 11.5 Å². The summed E-state index contributed by atoms with van der Waals surface area (Å²) in [5.41, 5.74) is 0.451. The lowest BCUT2D eigenvalue weighted by atomic mass is 10.1. The van der Waals surface area contributed by atoms with Gasteiger partial charge in [-0.05, 0) is 42.3 Å². The van der Waals surface area contributed by atoms with Gasteiger partial charge in [0.2, 0.25) is 6.79 Å². The van der Waals surface area contributed by atoms with Crippen LogP contribution < -0.4 is 14.8 Å². The minimum atomic E-state index is -0.290. The molecule has 0 bridgehead atoms. The summed E-state index contributed by atoms with van der Waals surface area (Å²) >= 11 is 0. The Kier molecular flexibility index (Phi) is 2.95. The molecule has 2 aliphatic rings. The fraction of sp³-hybridized carbons (Fsp3) is 0.429. The highest BCUT2D eigenvalue weighted by Gasteiger charge is 2.30. The number of hydrogen-bond acceptors (Lipinski definition) is 6. The van der Waals surface area contributed by atoms with Crippen molar-refractivity contribution in [2.75, 3.05) is 6.79 Å². The van der Waals surface area contributed by atoms with Crippen molar-refractivity contribution in [3.8, 4) is 11.5 Å². The topological polar surface area (TPSA) is 91.2 Å². The number of para-hydroxylation sites is 1. The zero-order valence-electron chi connectivity index (χ0n) is 12.0. The molecule has 0 spiro atoms. The number of amides is 1. The van der Waals surface area contributed by atoms with E-state index in [-0.39, 0.29) is 18.7 Å². The summed E-state index contributed by atoms with van der Waals surface area (Å²) in [7, 11) is 0. The third kappa shape index (κ3) is 2.16. The Labute approximate surface area is 126 Å². The summed E-state index contributed by atoms with van der Waals surface area (Å²) in [5, 5.41) is 14.6. The molecule has 1 aromatic heterocycles. The summed E-state index contributed by atoms with van der Waals surface area (Å²) in [4.78, 5) is 12.5. The lowest BCUT2D eigenvalue weighted by Crippen LogP contribution is -2.29. The SMILES string of the molecule is CC(NC(=O)c1cccc2c1OCO2)c1nnnn1C1CC1. The molecular weight excluding hydrogens is 286 g/mol. The van der Waals surface area contributed by atoms with E-state index >= 15 is 0 Å². The van der Waals surface area contributed by atoms with Gasteiger partial charge in [0.05, 0.1) is 17.6 Å². The number of tetrazole rings is 1. The van der Waals surface area contributed by atoms with E-state index in [1.807, 2.05) is 6.92 Å². The number of rotatable bonds is 4. The minimum absolute atomic E-state index is 0.134. The van der Waals surface area contributed by atoms with Crippen LogP contribution in [0.15, 0.2) is 18.2 Å².